The van der Waals surface area contributed by atoms with E-state index in [1.807, 2.05) is 0 Å². The molecular weight excluding hydrogens is 246 g/mol. The number of thiophene rings is 1. The summed E-state index contributed by atoms with van der Waals surface area (Å²) >= 11 is 1.64. The van der Waals surface area contributed by atoms with Gasteiger partial charge >= 0.3 is 0 Å². The van der Waals surface area contributed by atoms with Crippen LogP contribution in [0.1, 0.15) is 45.8 Å². The zero-order chi connectivity index (χ0) is 12.5. The van der Waals surface area contributed by atoms with Gasteiger partial charge in [0, 0.05) is 17.8 Å². The number of carbonyl (C=O) groups excluding carboxylic acids is 2. The summed E-state index contributed by atoms with van der Waals surface area (Å²) in [5.41, 5.74) is 1.36. The number of ketones is 1. The zero-order valence-electron chi connectivity index (χ0n) is 10.4. The third-order valence-electron chi connectivity index (χ3n) is 3.75. The first-order valence-corrected chi connectivity index (χ1v) is 7.48. The van der Waals surface area contributed by atoms with Crippen molar-refractivity contribution in [3.05, 3.63) is 21.4 Å². The van der Waals surface area contributed by atoms with Gasteiger partial charge in [0.05, 0.1) is 11.4 Å². The van der Waals surface area contributed by atoms with E-state index in [9.17, 15) is 9.59 Å². The minimum atomic E-state index is 0.0578. The van der Waals surface area contributed by atoms with Crippen LogP contribution in [0.15, 0.2) is 6.07 Å². The SMILES string of the molecule is O=C1CCCN(C(=O)c2cc3c(s2)CCCC3)C1. The van der Waals surface area contributed by atoms with Crippen LogP contribution in [0.4, 0.5) is 0 Å². The average molecular weight is 263 g/mol. The first-order valence-electron chi connectivity index (χ1n) is 6.66. The lowest BCUT2D eigenvalue weighted by molar-refractivity contribution is -0.121. The maximum atomic E-state index is 12.3. The molecular formula is C14H17NO2S. The summed E-state index contributed by atoms with van der Waals surface area (Å²) in [6.07, 6.45) is 6.15. The Bertz CT molecular complexity index is 468. The molecule has 1 fully saturated rings. The minimum absolute atomic E-state index is 0.0578. The van der Waals surface area contributed by atoms with Crippen LogP contribution in [-0.4, -0.2) is 29.7 Å². The average Bonchev–Trinajstić information content (AvgIpc) is 2.81. The lowest BCUT2D eigenvalue weighted by Gasteiger charge is -2.25. The van der Waals surface area contributed by atoms with Gasteiger partial charge in [0.1, 0.15) is 0 Å². The second-order valence-corrected chi connectivity index (χ2v) is 6.27. The van der Waals surface area contributed by atoms with Crippen LogP contribution < -0.4 is 0 Å². The highest BCUT2D eigenvalue weighted by Gasteiger charge is 2.25. The van der Waals surface area contributed by atoms with E-state index in [0.29, 0.717) is 13.0 Å². The van der Waals surface area contributed by atoms with Crippen LogP contribution in [-0.2, 0) is 17.6 Å². The van der Waals surface area contributed by atoms with Crippen molar-refractivity contribution < 1.29 is 9.59 Å². The molecule has 1 saturated heterocycles. The van der Waals surface area contributed by atoms with Crippen molar-refractivity contribution in [2.45, 2.75) is 38.5 Å². The first-order chi connectivity index (χ1) is 8.74. The molecule has 4 heteroatoms. The number of hydrogen-bond donors (Lipinski definition) is 0. The molecule has 18 heavy (non-hydrogen) atoms. The Kier molecular flexibility index (Phi) is 3.20. The van der Waals surface area contributed by atoms with Gasteiger partial charge in [-0.25, -0.2) is 0 Å². The van der Waals surface area contributed by atoms with E-state index < -0.39 is 0 Å². The molecule has 96 valence electrons. The third-order valence-corrected chi connectivity index (χ3v) is 4.97. The molecule has 1 aliphatic heterocycles. The van der Waals surface area contributed by atoms with E-state index in [1.54, 1.807) is 16.2 Å². The first kappa shape index (κ1) is 11.9. The molecule has 0 aromatic carbocycles. The number of carbonyl (C=O) groups is 2. The van der Waals surface area contributed by atoms with Crippen molar-refractivity contribution in [2.75, 3.05) is 13.1 Å². The predicted molar refractivity (Wildman–Crippen MR) is 71.1 cm³/mol. The molecule has 3 nitrogen and oxygen atoms in total. The van der Waals surface area contributed by atoms with Gasteiger partial charge in [-0.3, -0.25) is 9.59 Å². The molecule has 0 N–H and O–H groups in total. The third kappa shape index (κ3) is 2.21. The van der Waals surface area contributed by atoms with Gasteiger partial charge in [-0.05, 0) is 43.7 Å². The largest absolute Gasteiger partial charge is 0.331 e. The fraction of sp³-hybridized carbons (Fsp3) is 0.571. The van der Waals surface area contributed by atoms with Crippen molar-refractivity contribution >= 4 is 23.0 Å². The smallest absolute Gasteiger partial charge is 0.264 e. The van der Waals surface area contributed by atoms with Crippen LogP contribution in [0.25, 0.3) is 0 Å². The lowest BCUT2D eigenvalue weighted by Crippen LogP contribution is -2.39. The Balaban J connectivity index is 1.79. The maximum absolute atomic E-state index is 12.3. The molecule has 0 saturated carbocycles. The molecule has 0 unspecified atom stereocenters. The Labute approximate surface area is 111 Å². The molecule has 2 heterocycles. The topological polar surface area (TPSA) is 37.4 Å². The van der Waals surface area contributed by atoms with E-state index in [1.165, 1.54) is 23.3 Å². The predicted octanol–water partition coefficient (Wildman–Crippen LogP) is 2.43. The van der Waals surface area contributed by atoms with E-state index in [0.717, 1.165) is 30.7 Å². The number of likely N-dealkylation sites (tertiary alicyclic amines) is 1. The molecule has 3 rings (SSSR count). The van der Waals surface area contributed by atoms with Gasteiger partial charge in [0.25, 0.3) is 5.91 Å². The molecule has 1 aromatic rings. The number of Topliss-reactive ketones (excluding diaryl/α,β-unsaturated/α-hetero) is 1. The van der Waals surface area contributed by atoms with E-state index in [-0.39, 0.29) is 11.7 Å². The number of fused-ring (bicyclic) bond motifs is 1. The highest BCUT2D eigenvalue weighted by atomic mass is 32.1. The minimum Gasteiger partial charge on any atom is -0.331 e. The number of nitrogens with zero attached hydrogens (tertiary/aromatic N) is 1. The molecule has 0 spiro atoms. The van der Waals surface area contributed by atoms with Crippen LogP contribution >= 0.6 is 11.3 Å². The molecule has 1 aromatic heterocycles. The molecule has 1 amide bonds. The van der Waals surface area contributed by atoms with Crippen LogP contribution in [0.2, 0.25) is 0 Å². The normalized spacial score (nSPS) is 19.8. The quantitative estimate of drug-likeness (QED) is 0.780. The summed E-state index contributed by atoms with van der Waals surface area (Å²) in [7, 11) is 0. The molecule has 2 aliphatic rings. The zero-order valence-corrected chi connectivity index (χ0v) is 11.2. The number of aryl methyl sites for hydroxylation is 2. The van der Waals surface area contributed by atoms with Gasteiger partial charge in [-0.1, -0.05) is 0 Å². The monoisotopic (exact) mass is 263 g/mol. The fourth-order valence-corrected chi connectivity index (χ4v) is 3.98. The summed E-state index contributed by atoms with van der Waals surface area (Å²) in [6.45, 7) is 1.04. The van der Waals surface area contributed by atoms with Gasteiger partial charge in [0.15, 0.2) is 5.78 Å². The van der Waals surface area contributed by atoms with Gasteiger partial charge in [-0.15, -0.1) is 11.3 Å². The Hall–Kier alpha value is -1.16. The summed E-state index contributed by atoms with van der Waals surface area (Å²) in [6, 6.07) is 2.06. The Morgan fingerprint density at radius 1 is 1.17 bits per heavy atom. The van der Waals surface area contributed by atoms with Crippen molar-refractivity contribution in [3.8, 4) is 0 Å². The van der Waals surface area contributed by atoms with Crippen LogP contribution in [0, 0.1) is 0 Å². The highest BCUT2D eigenvalue weighted by Crippen LogP contribution is 2.30. The van der Waals surface area contributed by atoms with Crippen molar-refractivity contribution in [3.63, 3.8) is 0 Å². The summed E-state index contributed by atoms with van der Waals surface area (Å²) in [5.74, 6) is 0.248. The summed E-state index contributed by atoms with van der Waals surface area (Å²) in [4.78, 5) is 27.7. The van der Waals surface area contributed by atoms with E-state index >= 15 is 0 Å². The molecule has 1 aliphatic carbocycles. The van der Waals surface area contributed by atoms with Gasteiger partial charge in [-0.2, -0.15) is 0 Å². The number of piperidine rings is 1. The van der Waals surface area contributed by atoms with Crippen molar-refractivity contribution in [2.24, 2.45) is 0 Å². The maximum Gasteiger partial charge on any atom is 0.264 e. The van der Waals surface area contributed by atoms with Gasteiger partial charge in [0.2, 0.25) is 0 Å². The summed E-state index contributed by atoms with van der Waals surface area (Å²) in [5, 5.41) is 0. The fourth-order valence-electron chi connectivity index (χ4n) is 2.76. The molecule has 0 bridgehead atoms. The van der Waals surface area contributed by atoms with Gasteiger partial charge < -0.3 is 4.90 Å². The van der Waals surface area contributed by atoms with E-state index in [2.05, 4.69) is 6.07 Å². The standard InChI is InChI=1S/C14H17NO2S/c16-11-5-3-7-15(9-11)14(17)13-8-10-4-1-2-6-12(10)18-13/h8H,1-7,9H2. The number of rotatable bonds is 1. The van der Waals surface area contributed by atoms with Crippen LogP contribution in [0.3, 0.4) is 0 Å². The Morgan fingerprint density at radius 3 is 2.78 bits per heavy atom. The second-order valence-electron chi connectivity index (χ2n) is 5.14. The molecule has 0 atom stereocenters. The van der Waals surface area contributed by atoms with Crippen molar-refractivity contribution in [1.29, 1.82) is 0 Å². The van der Waals surface area contributed by atoms with Crippen LogP contribution in [0.5, 0.6) is 0 Å². The highest BCUT2D eigenvalue weighted by molar-refractivity contribution is 7.14. The lowest BCUT2D eigenvalue weighted by atomic mass is 9.99. The summed E-state index contributed by atoms with van der Waals surface area (Å²) < 4.78 is 0. The number of amides is 1. The van der Waals surface area contributed by atoms with Crippen molar-refractivity contribution in [1.82, 2.24) is 4.90 Å². The number of hydrogen-bond acceptors (Lipinski definition) is 3. The molecule has 0 radical (unpaired) electrons. The Morgan fingerprint density at radius 2 is 2.00 bits per heavy atom. The second kappa shape index (κ2) is 4.84. The van der Waals surface area contributed by atoms with E-state index in [4.69, 9.17) is 0 Å².